The molecule has 1 aliphatic heterocycles. The Kier molecular flexibility index (Phi) is 8.67. The van der Waals surface area contributed by atoms with Gasteiger partial charge >= 0.3 is 22.2 Å². The number of anilines is 1. The third-order valence-electron chi connectivity index (χ3n) is 6.71. The van der Waals surface area contributed by atoms with Crippen molar-refractivity contribution in [2.75, 3.05) is 23.3 Å². The van der Waals surface area contributed by atoms with E-state index in [4.69, 9.17) is 0 Å². The zero-order valence-electron chi connectivity index (χ0n) is 22.0. The smallest absolute Gasteiger partial charge is 0.337 e. The molecule has 0 radical (unpaired) electrons. The molecule has 1 aliphatic rings. The first kappa shape index (κ1) is 30.5. The van der Waals surface area contributed by atoms with Gasteiger partial charge in [-0.2, -0.15) is 21.6 Å². The summed E-state index contributed by atoms with van der Waals surface area (Å²) in [5.74, 6) is -2.42. The van der Waals surface area contributed by atoms with Crippen molar-refractivity contribution in [2.24, 2.45) is 5.92 Å². The largest absolute Gasteiger partial charge is 0.493 e. The first-order valence-electron chi connectivity index (χ1n) is 12.7. The molecule has 17 heteroatoms. The molecule has 0 spiro atoms. The normalized spacial score (nSPS) is 16.5. The van der Waals surface area contributed by atoms with E-state index in [9.17, 15) is 34.8 Å². The fourth-order valence-corrected chi connectivity index (χ4v) is 8.93. The van der Waals surface area contributed by atoms with Crippen LogP contribution >= 0.6 is 22.7 Å². The van der Waals surface area contributed by atoms with Crippen LogP contribution in [0.15, 0.2) is 52.2 Å². The number of benzene rings is 1. The number of carbonyl (C=O) groups excluding carboxylic acids is 1. The second-order valence-corrected chi connectivity index (χ2v) is 14.6. The summed E-state index contributed by atoms with van der Waals surface area (Å²) in [6.07, 6.45) is -2.92. The van der Waals surface area contributed by atoms with E-state index in [0.717, 1.165) is 29.2 Å². The maximum absolute atomic E-state index is 13.5. The summed E-state index contributed by atoms with van der Waals surface area (Å²) in [6, 6.07) is 8.80. The van der Waals surface area contributed by atoms with Crippen LogP contribution in [0.5, 0.6) is 0 Å². The van der Waals surface area contributed by atoms with Crippen molar-refractivity contribution in [2.45, 2.75) is 36.8 Å². The van der Waals surface area contributed by atoms with Crippen molar-refractivity contribution in [3.05, 3.63) is 52.9 Å². The summed E-state index contributed by atoms with van der Waals surface area (Å²) in [4.78, 5) is 24.1. The van der Waals surface area contributed by atoms with Crippen molar-refractivity contribution in [3.8, 4) is 10.7 Å². The van der Waals surface area contributed by atoms with Gasteiger partial charge in [-0.1, -0.05) is 22.7 Å². The van der Waals surface area contributed by atoms with Crippen LogP contribution in [-0.2, 0) is 43.4 Å². The number of thiazole rings is 1. The zero-order chi connectivity index (χ0) is 30.2. The van der Waals surface area contributed by atoms with Gasteiger partial charge in [-0.15, -0.1) is 22.7 Å². The average Bonchev–Trinajstić information content (AvgIpc) is 3.73. The van der Waals surface area contributed by atoms with Crippen LogP contribution in [0.2, 0.25) is 0 Å². The number of aryl methyl sites for hydroxylation is 1. The number of fused-ring (bicyclic) bond motifs is 1. The summed E-state index contributed by atoms with van der Waals surface area (Å²) in [6.45, 7) is 4.11. The molecule has 1 aromatic carbocycles. The van der Waals surface area contributed by atoms with Gasteiger partial charge < -0.3 is 9.40 Å². The maximum Gasteiger partial charge on any atom is 0.493 e. The van der Waals surface area contributed by atoms with Crippen molar-refractivity contribution in [1.82, 2.24) is 14.5 Å². The molecule has 0 N–H and O–H groups in total. The number of sulfonamides is 1. The Morgan fingerprint density at radius 1 is 1.24 bits per heavy atom. The molecule has 1 saturated heterocycles. The minimum Gasteiger partial charge on any atom is -0.337 e. The molecule has 0 amide bonds. The molecule has 0 bridgehead atoms. The molecule has 1 fully saturated rings. The number of halogens is 3. The predicted octanol–water partition coefficient (Wildman–Crippen LogP) is 4.50. The molecule has 42 heavy (non-hydrogen) atoms. The Morgan fingerprint density at radius 2 is 2.02 bits per heavy atom. The monoisotopic (exact) mass is 662 g/mol. The van der Waals surface area contributed by atoms with Gasteiger partial charge in [-0.25, -0.2) is 18.2 Å². The van der Waals surface area contributed by atoms with E-state index >= 15 is 0 Å². The minimum atomic E-state index is -5.44. The molecule has 1 atom stereocenters. The Morgan fingerprint density at radius 3 is 2.69 bits per heavy atom. The number of aromatic nitrogens is 2. The van der Waals surface area contributed by atoms with Gasteiger partial charge in [0, 0.05) is 36.1 Å². The summed E-state index contributed by atoms with van der Waals surface area (Å²) >= 11 is 2.18. The van der Waals surface area contributed by atoms with Crippen molar-refractivity contribution < 1.29 is 39.6 Å². The van der Waals surface area contributed by atoms with Crippen molar-refractivity contribution >= 4 is 66.0 Å². The van der Waals surface area contributed by atoms with Crippen molar-refractivity contribution in [3.63, 3.8) is 0 Å². The molecule has 4 aromatic rings. The Bertz CT molecular complexity index is 1770. The first-order valence-corrected chi connectivity index (χ1v) is 17.2. The molecular weight excluding hydrogens is 638 g/mol. The summed E-state index contributed by atoms with van der Waals surface area (Å²) in [7, 11) is -7.15. The number of thiol groups is 1. The molecular formula is C25H25F3N4O6S4. The molecule has 3 aromatic heterocycles. The number of alkyl halides is 3. The van der Waals surface area contributed by atoms with Crippen LogP contribution in [0.4, 0.5) is 18.9 Å². The number of likely N-dealkylation sites (tertiary alicyclic amines) is 1. The van der Waals surface area contributed by atoms with E-state index in [-0.39, 0.29) is 31.6 Å². The van der Waals surface area contributed by atoms with Gasteiger partial charge in [0.15, 0.2) is 0 Å². The van der Waals surface area contributed by atoms with Crippen LogP contribution < -0.4 is 4.47 Å². The van der Waals surface area contributed by atoms with Crippen LogP contribution in [0.25, 0.3) is 21.6 Å². The fourth-order valence-electron chi connectivity index (χ4n) is 4.94. The second-order valence-electron chi connectivity index (χ2n) is 9.57. The number of hydrogen-bond donors (Lipinski definition) is 1. The maximum atomic E-state index is 13.5. The molecule has 4 heterocycles. The lowest BCUT2D eigenvalue weighted by Crippen LogP contribution is -2.38. The van der Waals surface area contributed by atoms with Gasteiger partial charge in [0.1, 0.15) is 25.6 Å². The van der Waals surface area contributed by atoms with Crippen LogP contribution in [0.1, 0.15) is 18.2 Å². The number of rotatable bonds is 10. The molecule has 1 unspecified atom stereocenters. The lowest BCUT2D eigenvalue weighted by atomic mass is 10.2. The van der Waals surface area contributed by atoms with Crippen molar-refractivity contribution in [1.29, 1.82) is 0 Å². The highest BCUT2D eigenvalue weighted by molar-refractivity contribution is 7.94. The zero-order valence-corrected chi connectivity index (χ0v) is 25.3. The second kappa shape index (κ2) is 11.9. The lowest BCUT2D eigenvalue weighted by molar-refractivity contribution is -0.199. The predicted molar refractivity (Wildman–Crippen MR) is 153 cm³/mol. The highest BCUT2D eigenvalue weighted by Gasteiger charge is 2.45. The molecule has 5 rings (SSSR count). The Balaban J connectivity index is 1.53. The van der Waals surface area contributed by atoms with Crippen LogP contribution in [0, 0.1) is 5.92 Å². The number of hydrogen-bond acceptors (Lipinski definition) is 10. The highest BCUT2D eigenvalue weighted by Crippen LogP contribution is 2.39. The molecule has 10 nitrogen and oxygen atoms in total. The van der Waals surface area contributed by atoms with Gasteiger partial charge in [-0.05, 0) is 49.4 Å². The van der Waals surface area contributed by atoms with Crippen LogP contribution in [0.3, 0.4) is 0 Å². The molecule has 0 aliphatic carbocycles. The van der Waals surface area contributed by atoms with Gasteiger partial charge in [0.2, 0.25) is 0 Å². The fraction of sp³-hybridized carbons (Fsp3) is 0.360. The molecule has 226 valence electrons. The van der Waals surface area contributed by atoms with E-state index in [0.29, 0.717) is 35.7 Å². The van der Waals surface area contributed by atoms with E-state index in [2.05, 4.69) is 14.7 Å². The number of nitrogens with zero attached hydrogens (tertiary/aromatic N) is 4. The van der Waals surface area contributed by atoms with E-state index < -0.39 is 32.9 Å². The summed E-state index contributed by atoms with van der Waals surface area (Å²) < 4.78 is 90.2. The SMILES string of the molecule is CCn1c(-c2ncc(CN3CCC(C[SH](=O)=O)C3)s2)cc2cccc(N(OC(=O)C(F)(F)F)S(=O)(=O)c3cccs3)c21. The Hall–Kier alpha value is -2.99. The Labute approximate surface area is 248 Å². The lowest BCUT2D eigenvalue weighted by Gasteiger charge is -2.24. The first-order chi connectivity index (χ1) is 19.9. The van der Waals surface area contributed by atoms with E-state index in [1.807, 2.05) is 0 Å². The average molecular weight is 663 g/mol. The van der Waals surface area contributed by atoms with E-state index in [1.165, 1.54) is 41.0 Å². The standard InChI is InChI=1S/C25H25F3N4O6S4/c1-2-31-20(23-29-12-18(40-23)14-30-9-8-16(13-30)15-41(34)35)11-17-5-3-6-19(22(17)31)32(38-24(33)25(26,27)28)42(36,37)21-7-4-10-39-21/h3-7,10-12,16,41H,2,8-9,13-15H2,1H3. The third kappa shape index (κ3) is 6.20. The van der Waals surface area contributed by atoms with Gasteiger partial charge in [0.25, 0.3) is 0 Å². The number of thiophene rings is 1. The number of para-hydroxylation sites is 1. The third-order valence-corrected chi connectivity index (χ3v) is 11.5. The van der Waals surface area contributed by atoms with Crippen LogP contribution in [-0.4, -0.2) is 62.3 Å². The van der Waals surface area contributed by atoms with E-state index in [1.54, 1.807) is 29.8 Å². The summed E-state index contributed by atoms with van der Waals surface area (Å²) in [5, 5.41) is 2.55. The molecule has 0 saturated carbocycles. The quantitative estimate of drug-likeness (QED) is 0.195. The topological polar surface area (TPSA) is 119 Å². The van der Waals surface area contributed by atoms with Gasteiger partial charge in [-0.3, -0.25) is 4.90 Å². The number of carbonyl (C=O) groups is 1. The summed E-state index contributed by atoms with van der Waals surface area (Å²) in [5.41, 5.74) is 0.591. The van der Waals surface area contributed by atoms with Gasteiger partial charge in [0.05, 0.1) is 17.0 Å². The minimum absolute atomic E-state index is 0.0414. The highest BCUT2D eigenvalue weighted by atomic mass is 32.2.